The summed E-state index contributed by atoms with van der Waals surface area (Å²) in [4.78, 5) is 12.6. The molecule has 8 heteroatoms. The van der Waals surface area contributed by atoms with E-state index in [4.69, 9.17) is 0 Å². The molecule has 0 atom stereocenters. The third kappa shape index (κ3) is 3.30. The Labute approximate surface area is 89.8 Å². The summed E-state index contributed by atoms with van der Waals surface area (Å²) in [6, 6.07) is 0. The number of carbonyl (C=O) groups excluding carboxylic acids is 1. The van der Waals surface area contributed by atoms with Crippen molar-refractivity contribution in [2.45, 2.75) is 12.7 Å². The molecule has 0 aliphatic carbocycles. The van der Waals surface area contributed by atoms with Crippen LogP contribution in [0, 0.1) is 0 Å². The molecule has 0 saturated carbocycles. The van der Waals surface area contributed by atoms with Gasteiger partial charge in [0.05, 0.1) is 12.7 Å². The van der Waals surface area contributed by atoms with Crippen LogP contribution in [0.15, 0.2) is 6.20 Å². The van der Waals surface area contributed by atoms with Crippen molar-refractivity contribution in [2.24, 2.45) is 0 Å². The van der Waals surface area contributed by atoms with Gasteiger partial charge in [-0.05, 0) is 14.1 Å². The molecule has 0 unspecified atom stereocenters. The highest BCUT2D eigenvalue weighted by Gasteiger charge is 2.41. The molecule has 0 radical (unpaired) electrons. The number of aromatic nitrogens is 3. The number of Topliss-reactive ketones (excluding diaryl/α,β-unsaturated/α-hetero) is 1. The molecule has 0 amide bonds. The molecule has 0 aliphatic rings. The lowest BCUT2D eigenvalue weighted by atomic mass is 10.3. The van der Waals surface area contributed by atoms with Crippen molar-refractivity contribution in [1.29, 1.82) is 0 Å². The van der Waals surface area contributed by atoms with E-state index in [1.54, 1.807) is 0 Å². The molecule has 0 saturated heterocycles. The van der Waals surface area contributed by atoms with Gasteiger partial charge in [-0.1, -0.05) is 5.21 Å². The standard InChI is InChI=1S/C8H11F3N4O/c1-14(2)3-4-15-5-6(12-13-15)7(16)8(9,10)11/h5H,3-4H2,1-2H3. The van der Waals surface area contributed by atoms with Crippen molar-refractivity contribution in [3.8, 4) is 0 Å². The molecule has 16 heavy (non-hydrogen) atoms. The van der Waals surface area contributed by atoms with Crippen LogP contribution >= 0.6 is 0 Å². The summed E-state index contributed by atoms with van der Waals surface area (Å²) in [7, 11) is 3.64. The van der Waals surface area contributed by atoms with Gasteiger partial charge in [-0.15, -0.1) is 5.10 Å². The molecule has 5 nitrogen and oxygen atoms in total. The molecule has 0 aromatic carbocycles. The molecule has 0 fully saturated rings. The monoisotopic (exact) mass is 236 g/mol. The predicted molar refractivity (Wildman–Crippen MR) is 49.0 cm³/mol. The van der Waals surface area contributed by atoms with Crippen molar-refractivity contribution >= 4 is 5.78 Å². The summed E-state index contributed by atoms with van der Waals surface area (Å²) in [5.74, 6) is -1.97. The van der Waals surface area contributed by atoms with E-state index in [9.17, 15) is 18.0 Å². The van der Waals surface area contributed by atoms with E-state index in [1.807, 2.05) is 19.0 Å². The predicted octanol–water partition coefficient (Wildman–Crippen LogP) is 0.585. The Morgan fingerprint density at radius 1 is 1.50 bits per heavy atom. The molecular formula is C8H11F3N4O. The molecule has 90 valence electrons. The summed E-state index contributed by atoms with van der Waals surface area (Å²) in [6.45, 7) is 0.980. The van der Waals surface area contributed by atoms with E-state index in [0.717, 1.165) is 6.20 Å². The van der Waals surface area contributed by atoms with Gasteiger partial charge in [-0.3, -0.25) is 9.48 Å². The zero-order chi connectivity index (χ0) is 12.3. The number of hydrogen-bond donors (Lipinski definition) is 0. The van der Waals surface area contributed by atoms with E-state index < -0.39 is 17.7 Å². The zero-order valence-corrected chi connectivity index (χ0v) is 8.82. The van der Waals surface area contributed by atoms with Crippen LogP contribution in [-0.2, 0) is 6.54 Å². The van der Waals surface area contributed by atoms with Gasteiger partial charge in [0.1, 0.15) is 0 Å². The Bertz CT molecular complexity index is 372. The molecular weight excluding hydrogens is 225 g/mol. The second-order valence-electron chi connectivity index (χ2n) is 3.50. The van der Waals surface area contributed by atoms with Crippen LogP contribution in [0.1, 0.15) is 10.5 Å². The number of halogens is 3. The van der Waals surface area contributed by atoms with Gasteiger partial charge < -0.3 is 4.90 Å². The Morgan fingerprint density at radius 3 is 2.62 bits per heavy atom. The molecule has 1 aromatic rings. The third-order valence-electron chi connectivity index (χ3n) is 1.81. The molecule has 1 rings (SSSR count). The van der Waals surface area contributed by atoms with Gasteiger partial charge in [-0.2, -0.15) is 13.2 Å². The second kappa shape index (κ2) is 4.60. The maximum absolute atomic E-state index is 12.0. The van der Waals surface area contributed by atoms with Crippen LogP contribution in [0.5, 0.6) is 0 Å². The number of rotatable bonds is 4. The minimum absolute atomic E-state index is 0.380. The van der Waals surface area contributed by atoms with Crippen molar-refractivity contribution in [3.05, 3.63) is 11.9 Å². The highest BCUT2D eigenvalue weighted by molar-refractivity contribution is 5.98. The van der Waals surface area contributed by atoms with Crippen molar-refractivity contribution in [2.75, 3.05) is 20.6 Å². The van der Waals surface area contributed by atoms with Crippen molar-refractivity contribution in [3.63, 3.8) is 0 Å². The van der Waals surface area contributed by atoms with Crippen LogP contribution in [0.25, 0.3) is 0 Å². The summed E-state index contributed by atoms with van der Waals surface area (Å²) in [5, 5.41) is 6.63. The van der Waals surface area contributed by atoms with Gasteiger partial charge in [0.25, 0.3) is 5.78 Å². The van der Waals surface area contributed by atoms with E-state index in [1.165, 1.54) is 4.68 Å². The van der Waals surface area contributed by atoms with Gasteiger partial charge >= 0.3 is 6.18 Å². The Balaban J connectivity index is 2.68. The minimum Gasteiger partial charge on any atom is -0.308 e. The summed E-state index contributed by atoms with van der Waals surface area (Å²) >= 11 is 0. The van der Waals surface area contributed by atoms with Crippen molar-refractivity contribution in [1.82, 2.24) is 19.9 Å². The average Bonchev–Trinajstić information content (AvgIpc) is 2.60. The number of alkyl halides is 3. The quantitative estimate of drug-likeness (QED) is 0.718. The third-order valence-corrected chi connectivity index (χ3v) is 1.81. The van der Waals surface area contributed by atoms with Crippen LogP contribution < -0.4 is 0 Å². The van der Waals surface area contributed by atoms with Gasteiger partial charge in [0, 0.05) is 6.54 Å². The van der Waals surface area contributed by atoms with E-state index in [2.05, 4.69) is 10.3 Å². The molecule has 0 bridgehead atoms. The molecule has 1 aromatic heterocycles. The summed E-state index contributed by atoms with van der Waals surface area (Å²) in [6.07, 6.45) is -3.90. The summed E-state index contributed by atoms with van der Waals surface area (Å²) < 4.78 is 37.3. The molecule has 1 heterocycles. The Hall–Kier alpha value is -1.44. The van der Waals surface area contributed by atoms with E-state index >= 15 is 0 Å². The zero-order valence-electron chi connectivity index (χ0n) is 8.82. The number of nitrogens with zero attached hydrogens (tertiary/aromatic N) is 4. The highest BCUT2D eigenvalue weighted by Crippen LogP contribution is 2.19. The lowest BCUT2D eigenvalue weighted by molar-refractivity contribution is -0.0888. The van der Waals surface area contributed by atoms with Gasteiger partial charge in [0.15, 0.2) is 5.69 Å². The topological polar surface area (TPSA) is 51.0 Å². The normalized spacial score (nSPS) is 12.1. The van der Waals surface area contributed by atoms with Crippen LogP contribution in [0.2, 0.25) is 0 Å². The number of likely N-dealkylation sites (N-methyl/N-ethyl adjacent to an activating group) is 1. The first-order valence-electron chi connectivity index (χ1n) is 4.47. The smallest absolute Gasteiger partial charge is 0.308 e. The van der Waals surface area contributed by atoms with Gasteiger partial charge in [0.2, 0.25) is 0 Å². The maximum atomic E-state index is 12.0. The van der Waals surface area contributed by atoms with Crippen LogP contribution in [0.4, 0.5) is 13.2 Å². The SMILES string of the molecule is CN(C)CCn1cc(C(=O)C(F)(F)F)nn1. The van der Waals surface area contributed by atoms with E-state index in [-0.39, 0.29) is 0 Å². The van der Waals surface area contributed by atoms with Crippen LogP contribution in [0.3, 0.4) is 0 Å². The lowest BCUT2D eigenvalue weighted by Gasteiger charge is -2.07. The van der Waals surface area contributed by atoms with E-state index in [0.29, 0.717) is 13.1 Å². The van der Waals surface area contributed by atoms with Crippen LogP contribution in [-0.4, -0.2) is 52.5 Å². The summed E-state index contributed by atoms with van der Waals surface area (Å²) in [5.41, 5.74) is -0.675. The fourth-order valence-corrected chi connectivity index (χ4v) is 0.959. The molecule has 0 spiro atoms. The second-order valence-corrected chi connectivity index (χ2v) is 3.50. The number of carbonyl (C=O) groups is 1. The first-order valence-corrected chi connectivity index (χ1v) is 4.47. The Kier molecular flexibility index (Phi) is 3.63. The largest absolute Gasteiger partial charge is 0.456 e. The molecule has 0 aliphatic heterocycles. The fourth-order valence-electron chi connectivity index (χ4n) is 0.959. The maximum Gasteiger partial charge on any atom is 0.456 e. The fraction of sp³-hybridized carbons (Fsp3) is 0.625. The van der Waals surface area contributed by atoms with Crippen molar-refractivity contribution < 1.29 is 18.0 Å². The highest BCUT2D eigenvalue weighted by atomic mass is 19.4. The van der Waals surface area contributed by atoms with Gasteiger partial charge in [-0.25, -0.2) is 0 Å². The minimum atomic E-state index is -4.90. The Morgan fingerprint density at radius 2 is 2.12 bits per heavy atom. The molecule has 0 N–H and O–H groups in total. The number of ketones is 1. The first kappa shape index (κ1) is 12.6. The number of hydrogen-bond acceptors (Lipinski definition) is 4. The average molecular weight is 236 g/mol. The first-order chi connectivity index (χ1) is 7.30. The lowest BCUT2D eigenvalue weighted by Crippen LogP contribution is -2.23.